The molecule has 0 radical (unpaired) electrons. The Morgan fingerprint density at radius 1 is 1.54 bits per heavy atom. The number of carbonyl (C=O) groups excluding carboxylic acids is 2. The number of rotatable bonds is 2. The summed E-state index contributed by atoms with van der Waals surface area (Å²) in [6, 6.07) is 0. The van der Waals surface area contributed by atoms with Crippen molar-refractivity contribution in [3.05, 3.63) is 11.6 Å². The summed E-state index contributed by atoms with van der Waals surface area (Å²) in [5.41, 5.74) is -0.133. The maximum atomic E-state index is 11.1. The van der Waals surface area contributed by atoms with Crippen molar-refractivity contribution < 1.29 is 23.8 Å². The molecule has 0 aromatic carbocycles. The van der Waals surface area contributed by atoms with E-state index in [0.717, 1.165) is 0 Å². The molecule has 1 aliphatic heterocycles. The van der Waals surface area contributed by atoms with E-state index >= 15 is 0 Å². The predicted octanol–water partition coefficient (Wildman–Crippen LogP) is 0.00520. The normalized spacial score (nSPS) is 26.7. The molecule has 0 aromatic heterocycles. The third-order valence-corrected chi connectivity index (χ3v) is 1.73. The van der Waals surface area contributed by atoms with Crippen molar-refractivity contribution in [2.45, 2.75) is 12.7 Å². The van der Waals surface area contributed by atoms with Gasteiger partial charge in [-0.05, 0) is 0 Å². The van der Waals surface area contributed by atoms with Crippen molar-refractivity contribution >= 4 is 11.9 Å². The molecule has 1 heterocycles. The van der Waals surface area contributed by atoms with Crippen LogP contribution in [-0.2, 0) is 23.8 Å². The van der Waals surface area contributed by atoms with Crippen LogP contribution in [0.2, 0.25) is 0 Å². The van der Waals surface area contributed by atoms with Gasteiger partial charge in [0.25, 0.3) is 0 Å². The van der Waals surface area contributed by atoms with E-state index in [-0.39, 0.29) is 5.57 Å². The smallest absolute Gasteiger partial charge is 0.348 e. The van der Waals surface area contributed by atoms with Gasteiger partial charge in [0, 0.05) is 20.1 Å². The first-order chi connectivity index (χ1) is 6.02. The molecule has 0 aromatic rings. The summed E-state index contributed by atoms with van der Waals surface area (Å²) >= 11 is 0. The van der Waals surface area contributed by atoms with Crippen molar-refractivity contribution in [1.82, 2.24) is 0 Å². The molecule has 5 nitrogen and oxygen atoms in total. The Hall–Kier alpha value is -1.36. The highest BCUT2D eigenvalue weighted by Crippen LogP contribution is 2.25. The van der Waals surface area contributed by atoms with Gasteiger partial charge in [0.15, 0.2) is 0 Å². The first kappa shape index (κ1) is 9.73. The van der Waals surface area contributed by atoms with E-state index in [9.17, 15) is 9.59 Å². The molecule has 5 heteroatoms. The van der Waals surface area contributed by atoms with E-state index in [2.05, 4.69) is 4.74 Å². The molecular formula is C8H10O5. The summed E-state index contributed by atoms with van der Waals surface area (Å²) in [4.78, 5) is 22.1. The maximum absolute atomic E-state index is 11.1. The lowest BCUT2D eigenvalue weighted by Gasteiger charge is -2.17. The lowest BCUT2D eigenvalue weighted by molar-refractivity contribution is -0.182. The zero-order valence-electron chi connectivity index (χ0n) is 7.62. The summed E-state index contributed by atoms with van der Waals surface area (Å²) in [7, 11) is 2.57. The van der Waals surface area contributed by atoms with E-state index in [1.54, 1.807) is 0 Å². The van der Waals surface area contributed by atoms with E-state index in [1.807, 2.05) is 0 Å². The third kappa shape index (κ3) is 1.70. The van der Waals surface area contributed by atoms with Crippen molar-refractivity contribution in [2.24, 2.45) is 0 Å². The van der Waals surface area contributed by atoms with Gasteiger partial charge >= 0.3 is 11.9 Å². The largest absolute Gasteiger partial charge is 0.465 e. The summed E-state index contributed by atoms with van der Waals surface area (Å²) in [5.74, 6) is -2.59. The Labute approximate surface area is 75.3 Å². The van der Waals surface area contributed by atoms with Crippen LogP contribution in [0.3, 0.4) is 0 Å². The van der Waals surface area contributed by atoms with Crippen LogP contribution in [0.1, 0.15) is 6.92 Å². The number of ether oxygens (including phenoxy) is 3. The molecule has 13 heavy (non-hydrogen) atoms. The molecule has 0 fully saturated rings. The summed E-state index contributed by atoms with van der Waals surface area (Å²) in [6.45, 7) is 1.53. The summed E-state index contributed by atoms with van der Waals surface area (Å²) in [5, 5.41) is 0. The number of hydrogen-bond acceptors (Lipinski definition) is 5. The highest BCUT2D eigenvalue weighted by atomic mass is 16.7. The van der Waals surface area contributed by atoms with Crippen molar-refractivity contribution in [1.29, 1.82) is 0 Å². The minimum Gasteiger partial charge on any atom is -0.465 e. The van der Waals surface area contributed by atoms with Gasteiger partial charge in [-0.3, -0.25) is 0 Å². The molecule has 0 spiro atoms. The second-order valence-corrected chi connectivity index (χ2v) is 2.66. The van der Waals surface area contributed by atoms with Crippen LogP contribution in [0.5, 0.6) is 0 Å². The van der Waals surface area contributed by atoms with Crippen molar-refractivity contribution in [3.8, 4) is 0 Å². The van der Waals surface area contributed by atoms with Crippen LogP contribution < -0.4 is 0 Å². The molecule has 1 unspecified atom stereocenters. The van der Waals surface area contributed by atoms with Gasteiger partial charge < -0.3 is 14.2 Å². The van der Waals surface area contributed by atoms with Gasteiger partial charge in [-0.15, -0.1) is 0 Å². The van der Waals surface area contributed by atoms with Crippen LogP contribution in [0.15, 0.2) is 11.6 Å². The van der Waals surface area contributed by atoms with Gasteiger partial charge in [-0.1, -0.05) is 0 Å². The van der Waals surface area contributed by atoms with E-state index in [0.29, 0.717) is 0 Å². The predicted molar refractivity (Wildman–Crippen MR) is 41.6 cm³/mol. The molecular weight excluding hydrogens is 176 g/mol. The Kier molecular flexibility index (Phi) is 2.38. The molecule has 1 rings (SSSR count). The molecule has 0 bridgehead atoms. The Bertz CT molecular complexity index is 280. The molecule has 0 aliphatic carbocycles. The van der Waals surface area contributed by atoms with Crippen molar-refractivity contribution in [2.75, 3.05) is 14.2 Å². The van der Waals surface area contributed by atoms with Crippen LogP contribution in [0, 0.1) is 0 Å². The van der Waals surface area contributed by atoms with Crippen LogP contribution in [0.25, 0.3) is 0 Å². The second kappa shape index (κ2) is 3.18. The zero-order chi connectivity index (χ0) is 10.1. The second-order valence-electron chi connectivity index (χ2n) is 2.66. The molecule has 72 valence electrons. The highest BCUT2D eigenvalue weighted by molar-refractivity contribution is 6.15. The number of cyclic esters (lactones) is 1. The Morgan fingerprint density at radius 2 is 2.15 bits per heavy atom. The van der Waals surface area contributed by atoms with Gasteiger partial charge in [-0.2, -0.15) is 0 Å². The lowest BCUT2D eigenvalue weighted by atomic mass is 10.2. The fourth-order valence-electron chi connectivity index (χ4n) is 0.942. The molecule has 1 atom stereocenters. The Balaban J connectivity index is 2.92. The Morgan fingerprint density at radius 3 is 2.54 bits per heavy atom. The van der Waals surface area contributed by atoms with E-state index < -0.39 is 17.7 Å². The van der Waals surface area contributed by atoms with Crippen molar-refractivity contribution in [3.63, 3.8) is 0 Å². The molecule has 0 amide bonds. The van der Waals surface area contributed by atoms with Crippen LogP contribution >= 0.6 is 0 Å². The number of esters is 2. The minimum atomic E-state index is -1.15. The average Bonchev–Trinajstić information content (AvgIpc) is 2.42. The average molecular weight is 186 g/mol. The first-order valence-electron chi connectivity index (χ1n) is 3.62. The SMILES string of the molecule is COC(=O)C1=CC(C)(OC)OC1=O. The minimum absolute atomic E-state index is 0.133. The standard InChI is InChI=1S/C8H10O5/c1-8(12-3)4-5(6(9)11-2)7(10)13-8/h4H,1-3H3. The number of carbonyl (C=O) groups is 2. The fourth-order valence-corrected chi connectivity index (χ4v) is 0.942. The quantitative estimate of drug-likeness (QED) is 0.449. The first-order valence-corrected chi connectivity index (χ1v) is 3.62. The molecule has 0 N–H and O–H groups in total. The van der Waals surface area contributed by atoms with Crippen LogP contribution in [0.4, 0.5) is 0 Å². The summed E-state index contributed by atoms with van der Waals surface area (Å²) < 4.78 is 14.0. The van der Waals surface area contributed by atoms with Gasteiger partial charge in [0.1, 0.15) is 5.57 Å². The maximum Gasteiger partial charge on any atom is 0.348 e. The molecule has 0 saturated carbocycles. The number of hydrogen-bond donors (Lipinski definition) is 0. The van der Waals surface area contributed by atoms with Gasteiger partial charge in [0.05, 0.1) is 7.11 Å². The van der Waals surface area contributed by atoms with Gasteiger partial charge in [-0.25, -0.2) is 9.59 Å². The van der Waals surface area contributed by atoms with Gasteiger partial charge in [0.2, 0.25) is 5.79 Å². The summed E-state index contributed by atoms with van der Waals surface area (Å²) in [6.07, 6.45) is 1.29. The number of methoxy groups -OCH3 is 2. The topological polar surface area (TPSA) is 61.8 Å². The fraction of sp³-hybridized carbons (Fsp3) is 0.500. The zero-order valence-corrected chi connectivity index (χ0v) is 7.62. The third-order valence-electron chi connectivity index (χ3n) is 1.73. The van der Waals surface area contributed by atoms with E-state index in [1.165, 1.54) is 27.2 Å². The highest BCUT2D eigenvalue weighted by Gasteiger charge is 2.39. The lowest BCUT2D eigenvalue weighted by Crippen LogP contribution is -2.25. The van der Waals surface area contributed by atoms with Crippen LogP contribution in [-0.4, -0.2) is 31.9 Å². The molecule has 1 aliphatic rings. The molecule has 0 saturated heterocycles. The monoisotopic (exact) mass is 186 g/mol. The van der Waals surface area contributed by atoms with E-state index in [4.69, 9.17) is 9.47 Å².